The van der Waals surface area contributed by atoms with Crippen LogP contribution in [0.5, 0.6) is 0 Å². The van der Waals surface area contributed by atoms with Crippen LogP contribution in [0.15, 0.2) is 23.1 Å². The highest BCUT2D eigenvalue weighted by atomic mass is 32.2. The van der Waals surface area contributed by atoms with Crippen molar-refractivity contribution >= 4 is 17.4 Å². The molecule has 0 aliphatic carbocycles. The fraction of sp³-hybridized carbons (Fsp3) is 0.364. The molecule has 0 heterocycles. The zero-order valence-corrected chi connectivity index (χ0v) is 9.27. The third-order valence-corrected chi connectivity index (χ3v) is 3.15. The molecule has 2 nitrogen and oxygen atoms in total. The summed E-state index contributed by atoms with van der Waals surface area (Å²) in [6.45, 7) is 4.36. The van der Waals surface area contributed by atoms with E-state index in [1.54, 1.807) is 17.8 Å². The molecule has 3 heteroatoms. The van der Waals surface area contributed by atoms with Crippen molar-refractivity contribution in [3.8, 4) is 6.07 Å². The van der Waals surface area contributed by atoms with Gasteiger partial charge in [0.2, 0.25) is 0 Å². The molecule has 0 spiro atoms. The molecule has 2 N–H and O–H groups in total. The molecule has 0 aromatic heterocycles. The lowest BCUT2D eigenvalue weighted by molar-refractivity contribution is 0.750. The molecule has 74 valence electrons. The molecule has 14 heavy (non-hydrogen) atoms. The van der Waals surface area contributed by atoms with Crippen LogP contribution in [-0.2, 0) is 0 Å². The summed E-state index contributed by atoms with van der Waals surface area (Å²) in [5, 5.41) is 8.69. The Morgan fingerprint density at radius 1 is 1.50 bits per heavy atom. The summed E-state index contributed by atoms with van der Waals surface area (Å²) in [6.07, 6.45) is 0. The number of nitriles is 1. The Morgan fingerprint density at radius 3 is 2.71 bits per heavy atom. The number of benzene rings is 1. The molecule has 0 bridgehead atoms. The third kappa shape index (κ3) is 2.97. The highest BCUT2D eigenvalue weighted by molar-refractivity contribution is 7.99. The molecular weight excluding hydrogens is 192 g/mol. The topological polar surface area (TPSA) is 49.8 Å². The number of thioether (sulfide) groups is 1. The lowest BCUT2D eigenvalue weighted by Crippen LogP contribution is -1.93. The average Bonchev–Trinajstić information content (AvgIpc) is 2.15. The second-order valence-electron chi connectivity index (χ2n) is 3.57. The van der Waals surface area contributed by atoms with Crippen LogP contribution in [0.2, 0.25) is 0 Å². The van der Waals surface area contributed by atoms with Gasteiger partial charge in [-0.2, -0.15) is 5.26 Å². The molecule has 1 rings (SSSR count). The summed E-state index contributed by atoms with van der Waals surface area (Å²) in [5.41, 5.74) is 6.83. The quantitative estimate of drug-likeness (QED) is 0.611. The first kappa shape index (κ1) is 10.9. The van der Waals surface area contributed by atoms with E-state index in [2.05, 4.69) is 19.9 Å². The smallest absolute Gasteiger partial charge is 0.101 e. The van der Waals surface area contributed by atoms with Gasteiger partial charge in [-0.15, -0.1) is 11.8 Å². The second kappa shape index (κ2) is 4.92. The zero-order chi connectivity index (χ0) is 10.6. The number of nitrogens with zero attached hydrogens (tertiary/aromatic N) is 1. The minimum absolute atomic E-state index is 0.555. The summed E-state index contributed by atoms with van der Waals surface area (Å²) >= 11 is 1.77. The Hall–Kier alpha value is -1.14. The Labute approximate surface area is 89.1 Å². The van der Waals surface area contributed by atoms with Gasteiger partial charge in [0.25, 0.3) is 0 Å². The minimum atomic E-state index is 0.555. The standard InChI is InChI=1S/C11H14N2S/c1-8(2)7-14-10-4-3-9(6-12)11(13)5-10/h3-5,8H,7,13H2,1-2H3. The first-order valence-corrected chi connectivity index (χ1v) is 5.54. The summed E-state index contributed by atoms with van der Waals surface area (Å²) in [7, 11) is 0. The molecule has 0 aliphatic rings. The Bertz CT molecular complexity index is 353. The van der Waals surface area contributed by atoms with Gasteiger partial charge >= 0.3 is 0 Å². The first-order chi connectivity index (χ1) is 6.63. The van der Waals surface area contributed by atoms with E-state index in [4.69, 9.17) is 11.0 Å². The normalized spacial score (nSPS) is 10.1. The van der Waals surface area contributed by atoms with Crippen LogP contribution in [0.1, 0.15) is 19.4 Å². The highest BCUT2D eigenvalue weighted by Gasteiger charge is 2.01. The molecule has 0 amide bonds. The Balaban J connectivity index is 2.73. The number of nitrogen functional groups attached to an aromatic ring is 1. The maximum atomic E-state index is 8.69. The van der Waals surface area contributed by atoms with Gasteiger partial charge in [-0.1, -0.05) is 13.8 Å². The molecule has 0 saturated carbocycles. The van der Waals surface area contributed by atoms with E-state index in [1.807, 2.05) is 12.1 Å². The molecule has 0 saturated heterocycles. The van der Waals surface area contributed by atoms with Crippen molar-refractivity contribution in [1.82, 2.24) is 0 Å². The summed E-state index contributed by atoms with van der Waals surface area (Å²) in [5.74, 6) is 1.74. The SMILES string of the molecule is CC(C)CSc1ccc(C#N)c(N)c1. The van der Waals surface area contributed by atoms with Gasteiger partial charge in [-0.25, -0.2) is 0 Å². The molecule has 0 unspecified atom stereocenters. The van der Waals surface area contributed by atoms with E-state index in [9.17, 15) is 0 Å². The molecular formula is C11H14N2S. The molecule has 0 radical (unpaired) electrons. The lowest BCUT2D eigenvalue weighted by Gasteiger charge is -2.05. The van der Waals surface area contributed by atoms with Crippen LogP contribution < -0.4 is 5.73 Å². The zero-order valence-electron chi connectivity index (χ0n) is 8.45. The maximum absolute atomic E-state index is 8.69. The molecule has 0 atom stereocenters. The van der Waals surface area contributed by atoms with Gasteiger partial charge in [-0.05, 0) is 24.1 Å². The summed E-state index contributed by atoms with van der Waals surface area (Å²) in [6, 6.07) is 7.64. The van der Waals surface area contributed by atoms with Gasteiger partial charge in [-0.3, -0.25) is 0 Å². The number of hydrogen-bond acceptors (Lipinski definition) is 3. The van der Waals surface area contributed by atoms with Crippen LogP contribution in [0, 0.1) is 17.2 Å². The van der Waals surface area contributed by atoms with Crippen LogP contribution in [-0.4, -0.2) is 5.75 Å². The predicted octanol–water partition coefficient (Wildman–Crippen LogP) is 2.89. The highest BCUT2D eigenvalue weighted by Crippen LogP contribution is 2.24. The van der Waals surface area contributed by atoms with Crippen molar-refractivity contribution in [2.24, 2.45) is 5.92 Å². The van der Waals surface area contributed by atoms with Crippen molar-refractivity contribution in [1.29, 1.82) is 5.26 Å². The van der Waals surface area contributed by atoms with Gasteiger partial charge in [0.15, 0.2) is 0 Å². The van der Waals surface area contributed by atoms with E-state index in [0.717, 1.165) is 10.6 Å². The van der Waals surface area contributed by atoms with E-state index in [1.165, 1.54) is 0 Å². The van der Waals surface area contributed by atoms with Crippen LogP contribution >= 0.6 is 11.8 Å². The van der Waals surface area contributed by atoms with Gasteiger partial charge in [0.05, 0.1) is 11.3 Å². The third-order valence-electron chi connectivity index (χ3n) is 1.73. The average molecular weight is 206 g/mol. The number of nitrogens with two attached hydrogens (primary N) is 1. The molecule has 0 fully saturated rings. The summed E-state index contributed by atoms with van der Waals surface area (Å²) < 4.78 is 0. The van der Waals surface area contributed by atoms with Crippen LogP contribution in [0.3, 0.4) is 0 Å². The maximum Gasteiger partial charge on any atom is 0.101 e. The fourth-order valence-corrected chi connectivity index (χ4v) is 1.90. The fourth-order valence-electron chi connectivity index (χ4n) is 0.995. The minimum Gasteiger partial charge on any atom is -0.398 e. The van der Waals surface area contributed by atoms with Gasteiger partial charge in [0, 0.05) is 10.6 Å². The van der Waals surface area contributed by atoms with Crippen molar-refractivity contribution in [3.05, 3.63) is 23.8 Å². The number of anilines is 1. The molecule has 0 aliphatic heterocycles. The van der Waals surface area contributed by atoms with Crippen molar-refractivity contribution in [2.75, 3.05) is 11.5 Å². The van der Waals surface area contributed by atoms with E-state index in [0.29, 0.717) is 17.2 Å². The number of rotatable bonds is 3. The predicted molar refractivity (Wildman–Crippen MR) is 61.1 cm³/mol. The number of hydrogen-bond donors (Lipinski definition) is 1. The van der Waals surface area contributed by atoms with Crippen molar-refractivity contribution in [2.45, 2.75) is 18.7 Å². The van der Waals surface area contributed by atoms with E-state index in [-0.39, 0.29) is 0 Å². The van der Waals surface area contributed by atoms with Crippen molar-refractivity contribution in [3.63, 3.8) is 0 Å². The summed E-state index contributed by atoms with van der Waals surface area (Å²) in [4.78, 5) is 1.13. The van der Waals surface area contributed by atoms with Crippen LogP contribution in [0.4, 0.5) is 5.69 Å². The van der Waals surface area contributed by atoms with Gasteiger partial charge < -0.3 is 5.73 Å². The van der Waals surface area contributed by atoms with Gasteiger partial charge in [0.1, 0.15) is 6.07 Å². The van der Waals surface area contributed by atoms with E-state index >= 15 is 0 Å². The van der Waals surface area contributed by atoms with Crippen molar-refractivity contribution < 1.29 is 0 Å². The largest absolute Gasteiger partial charge is 0.398 e. The van der Waals surface area contributed by atoms with Crippen LogP contribution in [0.25, 0.3) is 0 Å². The molecule has 1 aromatic carbocycles. The Kier molecular flexibility index (Phi) is 3.84. The first-order valence-electron chi connectivity index (χ1n) is 4.56. The van der Waals surface area contributed by atoms with E-state index < -0.39 is 0 Å². The molecule has 1 aromatic rings. The monoisotopic (exact) mass is 206 g/mol. The lowest BCUT2D eigenvalue weighted by atomic mass is 10.2. The second-order valence-corrected chi connectivity index (χ2v) is 4.66. The Morgan fingerprint density at radius 2 is 2.21 bits per heavy atom.